The normalized spacial score (nSPS) is 15.0. The third-order valence-corrected chi connectivity index (χ3v) is 5.34. The van der Waals surface area contributed by atoms with Gasteiger partial charge in [-0.1, -0.05) is 6.07 Å². The van der Waals surface area contributed by atoms with E-state index < -0.39 is 9.84 Å². The van der Waals surface area contributed by atoms with E-state index in [0.717, 1.165) is 0 Å². The van der Waals surface area contributed by atoms with Crippen molar-refractivity contribution in [1.82, 2.24) is 0 Å². The van der Waals surface area contributed by atoms with Gasteiger partial charge in [0.25, 0.3) is 0 Å². The number of anilines is 1. The highest BCUT2D eigenvalue weighted by Gasteiger charge is 2.30. The summed E-state index contributed by atoms with van der Waals surface area (Å²) in [5, 5.41) is 0. The van der Waals surface area contributed by atoms with Crippen LogP contribution in [-0.4, -0.2) is 22.1 Å². The Morgan fingerprint density at radius 3 is 2.36 bits per heavy atom. The van der Waals surface area contributed by atoms with Gasteiger partial charge in [-0.05, 0) is 42.5 Å². The Kier molecular flexibility index (Phi) is 3.54. The zero-order valence-electron chi connectivity index (χ0n) is 11.9. The molecule has 0 spiro atoms. The summed E-state index contributed by atoms with van der Waals surface area (Å²) in [6.07, 6.45) is 1.57. The third-order valence-electron chi connectivity index (χ3n) is 3.48. The van der Waals surface area contributed by atoms with Crippen LogP contribution in [0.5, 0.6) is 11.5 Å². The molecule has 22 heavy (non-hydrogen) atoms. The average Bonchev–Trinajstić information content (AvgIpc) is 2.78. The van der Waals surface area contributed by atoms with Crippen molar-refractivity contribution < 1.29 is 17.9 Å². The first-order valence-corrected chi connectivity index (χ1v) is 8.11. The summed E-state index contributed by atoms with van der Waals surface area (Å²) >= 11 is 0. The third kappa shape index (κ3) is 2.42. The van der Waals surface area contributed by atoms with E-state index in [1.165, 1.54) is 0 Å². The Morgan fingerprint density at radius 1 is 1.05 bits per heavy atom. The lowest BCUT2D eigenvalue weighted by molar-refractivity contribution is 0.357. The van der Waals surface area contributed by atoms with Gasteiger partial charge >= 0.3 is 0 Å². The largest absolute Gasteiger partial charge is 0.497 e. The number of ether oxygens (including phenoxy) is 2. The molecule has 0 amide bonds. The average molecular weight is 317 g/mol. The lowest BCUT2D eigenvalue weighted by Gasteiger charge is -2.08. The van der Waals surface area contributed by atoms with E-state index in [1.54, 1.807) is 55.7 Å². The topological polar surface area (TPSA) is 78.6 Å². The maximum absolute atomic E-state index is 12.4. The van der Waals surface area contributed by atoms with E-state index in [2.05, 4.69) is 0 Å². The molecule has 1 aliphatic heterocycles. The highest BCUT2D eigenvalue weighted by Crippen LogP contribution is 2.36. The Labute approximate surface area is 128 Å². The van der Waals surface area contributed by atoms with Crippen LogP contribution in [0.15, 0.2) is 52.3 Å². The molecule has 5 nitrogen and oxygen atoms in total. The second kappa shape index (κ2) is 5.38. The molecule has 0 saturated heterocycles. The SMILES string of the molecule is COc1ccc(OCC2=Cc3c(N)cccc3S2(=O)=O)cc1. The number of nitrogen functional groups attached to an aromatic ring is 1. The molecule has 0 unspecified atom stereocenters. The fourth-order valence-electron chi connectivity index (χ4n) is 2.28. The quantitative estimate of drug-likeness (QED) is 0.877. The lowest BCUT2D eigenvalue weighted by atomic mass is 10.2. The molecular weight excluding hydrogens is 302 g/mol. The molecule has 1 heterocycles. The van der Waals surface area contributed by atoms with Crippen LogP contribution in [0.2, 0.25) is 0 Å². The highest BCUT2D eigenvalue weighted by molar-refractivity contribution is 7.95. The summed E-state index contributed by atoms with van der Waals surface area (Å²) in [4.78, 5) is 0.442. The van der Waals surface area contributed by atoms with E-state index >= 15 is 0 Å². The molecule has 0 aromatic heterocycles. The van der Waals surface area contributed by atoms with Gasteiger partial charge in [-0.3, -0.25) is 0 Å². The molecule has 0 atom stereocenters. The van der Waals surface area contributed by atoms with Crippen molar-refractivity contribution in [3.05, 3.63) is 52.9 Å². The molecule has 0 radical (unpaired) electrons. The summed E-state index contributed by atoms with van der Waals surface area (Å²) in [7, 11) is -1.94. The summed E-state index contributed by atoms with van der Waals surface area (Å²) in [6, 6.07) is 11.8. The van der Waals surface area contributed by atoms with Crippen molar-refractivity contribution in [2.45, 2.75) is 4.90 Å². The van der Waals surface area contributed by atoms with E-state index in [-0.39, 0.29) is 16.4 Å². The van der Waals surface area contributed by atoms with Crippen LogP contribution in [-0.2, 0) is 9.84 Å². The maximum Gasteiger partial charge on any atom is 0.206 e. The van der Waals surface area contributed by atoms with E-state index in [4.69, 9.17) is 15.2 Å². The van der Waals surface area contributed by atoms with Crippen molar-refractivity contribution in [2.24, 2.45) is 0 Å². The molecule has 0 aliphatic carbocycles. The van der Waals surface area contributed by atoms with Gasteiger partial charge in [0.05, 0.1) is 16.9 Å². The predicted molar refractivity (Wildman–Crippen MR) is 84.5 cm³/mol. The van der Waals surface area contributed by atoms with E-state index in [9.17, 15) is 8.42 Å². The van der Waals surface area contributed by atoms with Crippen LogP contribution in [0.3, 0.4) is 0 Å². The van der Waals surface area contributed by atoms with Crippen LogP contribution in [0.1, 0.15) is 5.56 Å². The van der Waals surface area contributed by atoms with Crippen molar-refractivity contribution in [3.63, 3.8) is 0 Å². The second-order valence-corrected chi connectivity index (χ2v) is 6.81. The van der Waals surface area contributed by atoms with Crippen molar-refractivity contribution in [1.29, 1.82) is 0 Å². The van der Waals surface area contributed by atoms with Crippen LogP contribution in [0.25, 0.3) is 6.08 Å². The Bertz CT molecular complexity index is 839. The number of hydrogen-bond donors (Lipinski definition) is 1. The van der Waals surface area contributed by atoms with Crippen molar-refractivity contribution >= 4 is 21.6 Å². The van der Waals surface area contributed by atoms with Crippen molar-refractivity contribution in [3.8, 4) is 11.5 Å². The highest BCUT2D eigenvalue weighted by atomic mass is 32.2. The molecule has 0 fully saturated rings. The van der Waals surface area contributed by atoms with Crippen LogP contribution < -0.4 is 15.2 Å². The number of benzene rings is 2. The Balaban J connectivity index is 1.82. The smallest absolute Gasteiger partial charge is 0.206 e. The Morgan fingerprint density at radius 2 is 1.73 bits per heavy atom. The molecule has 1 aliphatic rings. The molecule has 0 saturated carbocycles. The Hall–Kier alpha value is -2.47. The van der Waals surface area contributed by atoms with Gasteiger partial charge in [0.15, 0.2) is 0 Å². The molecule has 0 bridgehead atoms. The number of fused-ring (bicyclic) bond motifs is 1. The zero-order chi connectivity index (χ0) is 15.7. The minimum absolute atomic E-state index is 0.0389. The molecule has 2 aromatic rings. The van der Waals surface area contributed by atoms with Crippen LogP contribution >= 0.6 is 0 Å². The molecule has 3 rings (SSSR count). The molecule has 114 valence electrons. The van der Waals surface area contributed by atoms with Gasteiger partial charge in [-0.15, -0.1) is 0 Å². The predicted octanol–water partition coefficient (Wildman–Crippen LogP) is 2.48. The first-order chi connectivity index (χ1) is 10.5. The fraction of sp³-hybridized carbons (Fsp3) is 0.125. The molecular formula is C16H15NO4S. The first kappa shape index (κ1) is 14.5. The molecule has 6 heteroatoms. The van der Waals surface area contributed by atoms with Crippen LogP contribution in [0.4, 0.5) is 5.69 Å². The van der Waals surface area contributed by atoms with Gasteiger partial charge in [-0.2, -0.15) is 0 Å². The molecule has 2 N–H and O–H groups in total. The lowest BCUT2D eigenvalue weighted by Crippen LogP contribution is -2.09. The van der Waals surface area contributed by atoms with Gasteiger partial charge in [0.1, 0.15) is 18.1 Å². The minimum Gasteiger partial charge on any atom is -0.497 e. The number of hydrogen-bond acceptors (Lipinski definition) is 5. The standard InChI is InChI=1S/C16H15NO4S/c1-20-11-5-7-12(8-6-11)21-10-13-9-14-15(17)3-2-4-16(14)22(13,18)19/h2-9H,10,17H2,1H3. The number of sulfone groups is 1. The van der Waals surface area contributed by atoms with E-state index in [1.807, 2.05) is 0 Å². The number of rotatable bonds is 4. The van der Waals surface area contributed by atoms with Gasteiger partial charge in [0, 0.05) is 11.3 Å². The zero-order valence-corrected chi connectivity index (χ0v) is 12.8. The first-order valence-electron chi connectivity index (χ1n) is 6.63. The maximum atomic E-state index is 12.4. The summed E-state index contributed by atoms with van der Waals surface area (Å²) < 4.78 is 35.5. The van der Waals surface area contributed by atoms with Gasteiger partial charge < -0.3 is 15.2 Å². The van der Waals surface area contributed by atoms with Gasteiger partial charge in [-0.25, -0.2) is 8.42 Å². The molecule has 2 aromatic carbocycles. The van der Waals surface area contributed by atoms with Crippen LogP contribution in [0, 0.1) is 0 Å². The monoisotopic (exact) mass is 317 g/mol. The van der Waals surface area contributed by atoms with E-state index in [0.29, 0.717) is 22.7 Å². The second-order valence-electron chi connectivity index (χ2n) is 4.84. The summed E-state index contributed by atoms with van der Waals surface area (Å²) in [5.74, 6) is 1.28. The van der Waals surface area contributed by atoms with Gasteiger partial charge in [0.2, 0.25) is 9.84 Å². The summed E-state index contributed by atoms with van der Waals surface area (Å²) in [5.41, 5.74) is 6.81. The van der Waals surface area contributed by atoms with Crippen molar-refractivity contribution in [2.75, 3.05) is 19.5 Å². The summed E-state index contributed by atoms with van der Waals surface area (Å²) in [6.45, 7) is -0.0389. The number of methoxy groups -OCH3 is 1. The minimum atomic E-state index is -3.52. The fourth-order valence-corrected chi connectivity index (χ4v) is 3.77. The number of nitrogens with two attached hydrogens (primary N) is 1.